The lowest BCUT2D eigenvalue weighted by Crippen LogP contribution is -2.51. The number of imide groups is 1. The van der Waals surface area contributed by atoms with Crippen molar-refractivity contribution in [3.63, 3.8) is 0 Å². The maximum atomic E-state index is 15.2. The molecule has 0 saturated carbocycles. The number of ether oxygens (including phenoxy) is 2. The molecule has 1 fully saturated rings. The Bertz CT molecular complexity index is 2590. The van der Waals surface area contributed by atoms with Gasteiger partial charge >= 0.3 is 6.09 Å². The van der Waals surface area contributed by atoms with Gasteiger partial charge < -0.3 is 45.3 Å². The Morgan fingerprint density at radius 3 is 2.28 bits per heavy atom. The van der Waals surface area contributed by atoms with Gasteiger partial charge in [0, 0.05) is 68.9 Å². The van der Waals surface area contributed by atoms with Gasteiger partial charge in [-0.05, 0) is 85.4 Å². The summed E-state index contributed by atoms with van der Waals surface area (Å²) < 4.78 is 57.1. The van der Waals surface area contributed by atoms with Crippen LogP contribution < -0.4 is 21.3 Å². The van der Waals surface area contributed by atoms with Crippen molar-refractivity contribution in [2.45, 2.75) is 90.1 Å². The lowest BCUT2D eigenvalue weighted by atomic mass is 9.89. The van der Waals surface area contributed by atoms with Crippen LogP contribution in [0.5, 0.6) is 0 Å². The molecule has 18 nitrogen and oxygen atoms in total. The number of aliphatic hydroxyl groups excluding tert-OH is 1. The molecule has 1 aromatic heterocycles. The third-order valence-electron chi connectivity index (χ3n) is 12.7. The molecule has 3 atom stereocenters. The summed E-state index contributed by atoms with van der Waals surface area (Å²) in [6, 6.07) is 15.8. The molecule has 0 radical (unpaired) electrons. The minimum absolute atomic E-state index is 0.0827. The number of imidazole rings is 1. The minimum atomic E-state index is -1.12. The number of unbranched alkanes of at least 4 members (excludes halogenated alkanes) is 2. The quantitative estimate of drug-likeness (QED) is 0.0390. The van der Waals surface area contributed by atoms with E-state index in [0.29, 0.717) is 62.4 Å². The second-order valence-electron chi connectivity index (χ2n) is 18.4. The van der Waals surface area contributed by atoms with Gasteiger partial charge in [0.15, 0.2) is 0 Å². The molecule has 4 aromatic rings. The van der Waals surface area contributed by atoms with Crippen molar-refractivity contribution in [3.05, 3.63) is 120 Å². The van der Waals surface area contributed by atoms with Gasteiger partial charge in [-0.15, -0.1) is 0 Å². The SMILES string of the molecule is CC(C)C(NC(=O)CCCCCN1C(=O)C=CC1=O)C(=O)NCC(=O)Nc1ccc(COC(=O)NC(CF)CCN(C(=O)CO)C(c2nc(-c3cc(F)ccc3F)cn2Cc2ccccc2)C2CCOCC2)cc1. The number of benzene rings is 3. The molecular formula is C53H63F3N8O10. The highest BCUT2D eigenvalue weighted by Gasteiger charge is 2.37. The van der Waals surface area contributed by atoms with E-state index >= 15 is 4.39 Å². The summed E-state index contributed by atoms with van der Waals surface area (Å²) in [6.07, 6.45) is 5.71. The molecule has 0 spiro atoms. The third kappa shape index (κ3) is 16.1. The highest BCUT2D eigenvalue weighted by Crippen LogP contribution is 2.37. The van der Waals surface area contributed by atoms with Crippen LogP contribution in [-0.4, -0.2) is 124 Å². The normalized spacial score (nSPS) is 14.9. The zero-order valence-electron chi connectivity index (χ0n) is 41.4. The van der Waals surface area contributed by atoms with E-state index in [2.05, 4.69) is 21.3 Å². The number of carbonyl (C=O) groups excluding carboxylic acids is 7. The molecule has 6 rings (SSSR count). The average molecular weight is 1030 g/mol. The van der Waals surface area contributed by atoms with Gasteiger partial charge in [-0.2, -0.15) is 0 Å². The maximum Gasteiger partial charge on any atom is 0.407 e. The van der Waals surface area contributed by atoms with Gasteiger partial charge in [0.2, 0.25) is 23.6 Å². The third-order valence-corrected chi connectivity index (χ3v) is 12.7. The molecule has 3 heterocycles. The number of halogens is 3. The Morgan fingerprint density at radius 2 is 1.61 bits per heavy atom. The van der Waals surface area contributed by atoms with Crippen molar-refractivity contribution in [3.8, 4) is 11.3 Å². The molecule has 0 bridgehead atoms. The molecule has 5 N–H and O–H groups in total. The Morgan fingerprint density at radius 1 is 0.892 bits per heavy atom. The molecule has 2 aliphatic rings. The van der Waals surface area contributed by atoms with E-state index < -0.39 is 66.9 Å². The zero-order chi connectivity index (χ0) is 53.1. The number of nitrogens with one attached hydrogen (secondary N) is 4. The number of rotatable bonds is 26. The van der Waals surface area contributed by atoms with Crippen LogP contribution in [0, 0.1) is 23.5 Å². The number of alkyl halides is 1. The van der Waals surface area contributed by atoms with Gasteiger partial charge in [0.1, 0.15) is 43.4 Å². The minimum Gasteiger partial charge on any atom is -0.445 e. The van der Waals surface area contributed by atoms with Crippen LogP contribution in [0.2, 0.25) is 0 Å². The van der Waals surface area contributed by atoms with Gasteiger partial charge in [0.05, 0.1) is 24.3 Å². The first-order valence-electron chi connectivity index (χ1n) is 24.7. The summed E-state index contributed by atoms with van der Waals surface area (Å²) in [6.45, 7) is 2.09. The van der Waals surface area contributed by atoms with Gasteiger partial charge in [-0.25, -0.2) is 22.9 Å². The summed E-state index contributed by atoms with van der Waals surface area (Å²) in [5.74, 6) is -4.43. The summed E-state index contributed by atoms with van der Waals surface area (Å²) in [5, 5.41) is 20.7. The van der Waals surface area contributed by atoms with E-state index in [4.69, 9.17) is 14.5 Å². The average Bonchev–Trinajstić information content (AvgIpc) is 3.96. The van der Waals surface area contributed by atoms with Crippen LogP contribution in [0.15, 0.2) is 91.1 Å². The predicted octanol–water partition coefficient (Wildman–Crippen LogP) is 5.50. The molecule has 0 aliphatic carbocycles. The highest BCUT2D eigenvalue weighted by molar-refractivity contribution is 6.12. The van der Waals surface area contributed by atoms with Crippen LogP contribution in [-0.2, 0) is 51.4 Å². The van der Waals surface area contributed by atoms with E-state index in [1.807, 2.05) is 30.3 Å². The lowest BCUT2D eigenvalue weighted by Gasteiger charge is -2.39. The molecule has 1 saturated heterocycles. The molecule has 7 amide bonds. The maximum absolute atomic E-state index is 15.2. The van der Waals surface area contributed by atoms with Crippen LogP contribution in [0.4, 0.5) is 23.7 Å². The van der Waals surface area contributed by atoms with Crippen molar-refractivity contribution in [2.24, 2.45) is 11.8 Å². The number of aromatic nitrogens is 2. The summed E-state index contributed by atoms with van der Waals surface area (Å²) in [7, 11) is 0. The summed E-state index contributed by atoms with van der Waals surface area (Å²) in [5.41, 5.74) is 1.80. The molecule has 3 aromatic carbocycles. The number of hydrogen-bond acceptors (Lipinski definition) is 11. The number of aliphatic hydroxyl groups is 1. The standard InChI is InChI=1S/C53H63F3N8O10/c1-34(2)49(61-44(66)11-7-4-8-23-63-46(68)18-19-47(63)69)52(71)57-29-45(67)58-39-15-12-36(13-16-39)33-74-53(72)59-40(28-54)20-24-64(48(70)32-65)50(37-21-25-73-26-22-37)51-60-43(41-27-38(55)14-17-42(41)56)31-62(51)30-35-9-5-3-6-10-35/h3,5-6,9-10,12-19,27,31,34,37,40,49-50,65H,4,7-8,11,20-26,28-30,32-33H2,1-2H3,(H,57,71)(H,58,67)(H,59,72)(H,61,66). The zero-order valence-corrected chi connectivity index (χ0v) is 41.4. The number of carbonyl (C=O) groups is 7. The summed E-state index contributed by atoms with van der Waals surface area (Å²) >= 11 is 0. The Labute approximate surface area is 427 Å². The van der Waals surface area contributed by atoms with Crippen molar-refractivity contribution in [2.75, 3.05) is 51.4 Å². The first-order chi connectivity index (χ1) is 35.6. The monoisotopic (exact) mass is 1030 g/mol. The second-order valence-corrected chi connectivity index (χ2v) is 18.4. The molecule has 396 valence electrons. The van der Waals surface area contributed by atoms with E-state index in [1.165, 1.54) is 17.1 Å². The van der Waals surface area contributed by atoms with Crippen LogP contribution in [0.1, 0.15) is 81.8 Å². The fraction of sp³-hybridized carbons (Fsp3) is 0.434. The number of amides is 7. The van der Waals surface area contributed by atoms with Gasteiger partial charge in [0.25, 0.3) is 11.8 Å². The fourth-order valence-electron chi connectivity index (χ4n) is 8.71. The van der Waals surface area contributed by atoms with E-state index in [1.54, 1.807) is 48.9 Å². The van der Waals surface area contributed by atoms with E-state index in [-0.39, 0.29) is 86.4 Å². The number of anilines is 1. The van der Waals surface area contributed by atoms with E-state index in [9.17, 15) is 47.4 Å². The van der Waals surface area contributed by atoms with Crippen LogP contribution in [0.25, 0.3) is 11.3 Å². The smallest absolute Gasteiger partial charge is 0.407 e. The largest absolute Gasteiger partial charge is 0.445 e. The second kappa shape index (κ2) is 27.6. The predicted molar refractivity (Wildman–Crippen MR) is 265 cm³/mol. The van der Waals surface area contributed by atoms with E-state index in [0.717, 1.165) is 28.7 Å². The molecule has 2 aliphatic heterocycles. The fourth-order valence-corrected chi connectivity index (χ4v) is 8.71. The summed E-state index contributed by atoms with van der Waals surface area (Å²) in [4.78, 5) is 95.9. The molecular weight excluding hydrogens is 966 g/mol. The first kappa shape index (κ1) is 55.9. The Hall–Kier alpha value is -7.39. The van der Waals surface area contributed by atoms with Crippen molar-refractivity contribution >= 4 is 47.2 Å². The topological polar surface area (TPSA) is 231 Å². The highest BCUT2D eigenvalue weighted by atomic mass is 19.1. The van der Waals surface area contributed by atoms with Gasteiger partial charge in [-0.1, -0.05) is 62.7 Å². The van der Waals surface area contributed by atoms with Crippen LogP contribution >= 0.6 is 0 Å². The van der Waals surface area contributed by atoms with Gasteiger partial charge in [-0.3, -0.25) is 33.7 Å². The van der Waals surface area contributed by atoms with Crippen molar-refractivity contribution in [1.82, 2.24) is 35.3 Å². The number of alkyl carbamates (subject to hydrolysis) is 1. The van der Waals surface area contributed by atoms with Crippen LogP contribution in [0.3, 0.4) is 0 Å². The van der Waals surface area contributed by atoms with Crippen molar-refractivity contribution in [1.29, 1.82) is 0 Å². The van der Waals surface area contributed by atoms with Crippen molar-refractivity contribution < 1.29 is 61.3 Å². The molecule has 21 heteroatoms. The first-order valence-corrected chi connectivity index (χ1v) is 24.7. The number of hydrogen-bond donors (Lipinski definition) is 5. The molecule has 74 heavy (non-hydrogen) atoms. The molecule has 3 unspecified atom stereocenters. The number of nitrogens with zero attached hydrogens (tertiary/aromatic N) is 4. The Balaban J connectivity index is 1.000. The lowest BCUT2D eigenvalue weighted by molar-refractivity contribution is -0.139. The Kier molecular flexibility index (Phi) is 20.9.